The number of hydrogen-bond acceptors (Lipinski definition) is 3. The minimum Gasteiger partial charge on any atom is -0.508 e. The Labute approximate surface area is 129 Å². The molecule has 0 saturated carbocycles. The third-order valence-electron chi connectivity index (χ3n) is 3.05. The summed E-state index contributed by atoms with van der Waals surface area (Å²) in [5.74, 6) is 0.0454. The second-order valence-electron chi connectivity index (χ2n) is 4.49. The maximum Gasteiger partial charge on any atom is 0.120 e. The molecule has 2 atom stereocenters. The van der Waals surface area contributed by atoms with Gasteiger partial charge in [-0.3, -0.25) is 0 Å². The minimum atomic E-state index is -0.785. The summed E-state index contributed by atoms with van der Waals surface area (Å²) in [6, 6.07) is 13.5. The highest BCUT2D eigenvalue weighted by Gasteiger charge is 2.20. The van der Waals surface area contributed by atoms with Crippen molar-refractivity contribution in [1.29, 1.82) is 0 Å². The highest BCUT2D eigenvalue weighted by molar-refractivity contribution is 6.30. The molecule has 0 spiro atoms. The quantitative estimate of drug-likeness (QED) is 0.812. The Morgan fingerprint density at radius 3 is 2.40 bits per heavy atom. The molecule has 0 bridgehead atoms. The van der Waals surface area contributed by atoms with Crippen molar-refractivity contribution >= 4 is 24.0 Å². The third kappa shape index (κ3) is 4.12. The first-order valence-electron chi connectivity index (χ1n) is 6.04. The van der Waals surface area contributed by atoms with Gasteiger partial charge in [-0.15, -0.1) is 12.4 Å². The van der Waals surface area contributed by atoms with E-state index in [1.54, 1.807) is 12.1 Å². The van der Waals surface area contributed by atoms with Crippen molar-refractivity contribution in [2.24, 2.45) is 5.73 Å². The second kappa shape index (κ2) is 7.50. The molecule has 2 rings (SSSR count). The molecule has 108 valence electrons. The van der Waals surface area contributed by atoms with E-state index in [-0.39, 0.29) is 18.2 Å². The Balaban J connectivity index is 0.00000200. The molecule has 0 fully saturated rings. The molecular formula is C15H17Cl2NO2. The number of phenols is 1. The minimum absolute atomic E-state index is 0. The summed E-state index contributed by atoms with van der Waals surface area (Å²) in [4.78, 5) is 0. The molecule has 0 heterocycles. The zero-order valence-electron chi connectivity index (χ0n) is 10.7. The molecule has 0 aliphatic heterocycles. The van der Waals surface area contributed by atoms with Gasteiger partial charge in [0.2, 0.25) is 0 Å². The van der Waals surface area contributed by atoms with Crippen LogP contribution in [-0.4, -0.2) is 16.3 Å². The van der Waals surface area contributed by atoms with Crippen LogP contribution in [0, 0.1) is 0 Å². The Hall–Kier alpha value is -1.26. The molecule has 0 aromatic heterocycles. The van der Waals surface area contributed by atoms with Crippen molar-refractivity contribution in [3.63, 3.8) is 0 Å². The van der Waals surface area contributed by atoms with Crippen LogP contribution >= 0.6 is 24.0 Å². The van der Waals surface area contributed by atoms with E-state index in [2.05, 4.69) is 0 Å². The van der Waals surface area contributed by atoms with Crippen LogP contribution in [0.5, 0.6) is 5.75 Å². The fourth-order valence-corrected chi connectivity index (χ4v) is 2.16. The molecule has 4 N–H and O–H groups in total. The van der Waals surface area contributed by atoms with Crippen molar-refractivity contribution in [2.45, 2.75) is 18.6 Å². The van der Waals surface area contributed by atoms with E-state index in [1.807, 2.05) is 30.3 Å². The summed E-state index contributed by atoms with van der Waals surface area (Å²) in [5, 5.41) is 20.4. The van der Waals surface area contributed by atoms with Gasteiger partial charge < -0.3 is 15.9 Å². The Morgan fingerprint density at radius 1 is 1.10 bits per heavy atom. The first kappa shape index (κ1) is 16.8. The summed E-state index contributed by atoms with van der Waals surface area (Å²) in [6.45, 7) is 0. The first-order valence-corrected chi connectivity index (χ1v) is 6.41. The Kier molecular flexibility index (Phi) is 6.30. The maximum atomic E-state index is 10.2. The summed E-state index contributed by atoms with van der Waals surface area (Å²) in [6.07, 6.45) is -0.361. The normalized spacial score (nSPS) is 13.3. The number of rotatable bonds is 4. The van der Waals surface area contributed by atoms with Crippen molar-refractivity contribution in [1.82, 2.24) is 0 Å². The lowest BCUT2D eigenvalue weighted by atomic mass is 9.96. The standard InChI is InChI=1S/C15H16ClNO2.ClH/c16-11-6-7-13(18)12(9-11)15(17)14(19)8-10-4-2-1-3-5-10;/h1-7,9,14-15,18-19H,8,17H2;1H/t14-,15+;/m0./s1. The monoisotopic (exact) mass is 313 g/mol. The van der Waals surface area contributed by atoms with E-state index in [0.29, 0.717) is 17.0 Å². The summed E-state index contributed by atoms with van der Waals surface area (Å²) >= 11 is 5.88. The Morgan fingerprint density at radius 2 is 1.75 bits per heavy atom. The molecule has 0 aliphatic rings. The van der Waals surface area contributed by atoms with Gasteiger partial charge in [-0.05, 0) is 23.8 Å². The average Bonchev–Trinajstić information content (AvgIpc) is 2.42. The topological polar surface area (TPSA) is 66.5 Å². The largest absolute Gasteiger partial charge is 0.508 e. The maximum absolute atomic E-state index is 10.2. The fourth-order valence-electron chi connectivity index (χ4n) is 1.98. The number of aliphatic hydroxyl groups excluding tert-OH is 1. The number of aliphatic hydroxyl groups is 1. The molecule has 0 amide bonds. The second-order valence-corrected chi connectivity index (χ2v) is 4.92. The van der Waals surface area contributed by atoms with Crippen LogP contribution in [0.25, 0.3) is 0 Å². The Bertz CT molecular complexity index is 549. The molecule has 2 aromatic carbocycles. The third-order valence-corrected chi connectivity index (χ3v) is 3.29. The molecule has 0 unspecified atom stereocenters. The number of hydrogen-bond donors (Lipinski definition) is 3. The van der Waals surface area contributed by atoms with Crippen molar-refractivity contribution in [3.8, 4) is 5.75 Å². The van der Waals surface area contributed by atoms with E-state index in [0.717, 1.165) is 5.56 Å². The highest BCUT2D eigenvalue weighted by atomic mass is 35.5. The zero-order valence-corrected chi connectivity index (χ0v) is 12.3. The van der Waals surface area contributed by atoms with Crippen molar-refractivity contribution in [3.05, 3.63) is 64.7 Å². The number of halogens is 2. The lowest BCUT2D eigenvalue weighted by Crippen LogP contribution is -2.28. The molecule has 0 saturated heterocycles. The van der Waals surface area contributed by atoms with Gasteiger partial charge in [0, 0.05) is 17.0 Å². The predicted octanol–water partition coefficient (Wildman–Crippen LogP) is 3.07. The average molecular weight is 314 g/mol. The number of phenolic OH excluding ortho intramolecular Hbond substituents is 1. The van der Waals surface area contributed by atoms with Crippen LogP contribution in [-0.2, 0) is 6.42 Å². The predicted molar refractivity (Wildman–Crippen MR) is 83.4 cm³/mol. The highest BCUT2D eigenvalue weighted by Crippen LogP contribution is 2.28. The molecule has 2 aromatic rings. The van der Waals surface area contributed by atoms with Crippen LogP contribution in [0.3, 0.4) is 0 Å². The van der Waals surface area contributed by atoms with Gasteiger partial charge in [0.05, 0.1) is 12.1 Å². The lowest BCUT2D eigenvalue weighted by Gasteiger charge is -2.20. The summed E-state index contributed by atoms with van der Waals surface area (Å²) < 4.78 is 0. The first-order chi connectivity index (χ1) is 9.08. The van der Waals surface area contributed by atoms with Crippen LogP contribution < -0.4 is 5.73 Å². The lowest BCUT2D eigenvalue weighted by molar-refractivity contribution is 0.144. The van der Waals surface area contributed by atoms with Gasteiger partial charge in [0.1, 0.15) is 5.75 Å². The van der Waals surface area contributed by atoms with E-state index >= 15 is 0 Å². The van der Waals surface area contributed by atoms with E-state index in [4.69, 9.17) is 17.3 Å². The molecule has 5 heteroatoms. The van der Waals surface area contributed by atoms with Gasteiger partial charge in [-0.1, -0.05) is 41.9 Å². The van der Waals surface area contributed by atoms with E-state index < -0.39 is 12.1 Å². The van der Waals surface area contributed by atoms with Crippen LogP contribution in [0.1, 0.15) is 17.2 Å². The van der Waals surface area contributed by atoms with E-state index in [9.17, 15) is 10.2 Å². The number of aromatic hydroxyl groups is 1. The van der Waals surface area contributed by atoms with Gasteiger partial charge in [0.25, 0.3) is 0 Å². The van der Waals surface area contributed by atoms with Gasteiger partial charge in [0.15, 0.2) is 0 Å². The van der Waals surface area contributed by atoms with Gasteiger partial charge in [-0.25, -0.2) is 0 Å². The van der Waals surface area contributed by atoms with Crippen LogP contribution in [0.2, 0.25) is 5.02 Å². The van der Waals surface area contributed by atoms with Crippen molar-refractivity contribution < 1.29 is 10.2 Å². The molecule has 20 heavy (non-hydrogen) atoms. The zero-order chi connectivity index (χ0) is 13.8. The van der Waals surface area contributed by atoms with Gasteiger partial charge >= 0.3 is 0 Å². The van der Waals surface area contributed by atoms with Crippen LogP contribution in [0.15, 0.2) is 48.5 Å². The number of benzene rings is 2. The van der Waals surface area contributed by atoms with Crippen molar-refractivity contribution in [2.75, 3.05) is 0 Å². The van der Waals surface area contributed by atoms with Gasteiger partial charge in [-0.2, -0.15) is 0 Å². The van der Waals surface area contributed by atoms with E-state index in [1.165, 1.54) is 6.07 Å². The molecule has 0 aliphatic carbocycles. The molecular weight excluding hydrogens is 297 g/mol. The van der Waals surface area contributed by atoms with Crippen LogP contribution in [0.4, 0.5) is 0 Å². The molecule has 0 radical (unpaired) electrons. The smallest absolute Gasteiger partial charge is 0.120 e. The summed E-state index contributed by atoms with van der Waals surface area (Å²) in [5.41, 5.74) is 7.43. The summed E-state index contributed by atoms with van der Waals surface area (Å²) in [7, 11) is 0. The fraction of sp³-hybridized carbons (Fsp3) is 0.200. The molecule has 3 nitrogen and oxygen atoms in total. The SMILES string of the molecule is Cl.N[C@H](c1cc(Cl)ccc1O)[C@@H](O)Cc1ccccc1. The number of nitrogens with two attached hydrogens (primary N) is 1.